The van der Waals surface area contributed by atoms with Crippen LogP contribution < -0.4 is 11.1 Å². The molecule has 0 amide bonds. The highest BCUT2D eigenvalue weighted by atomic mass is 19.4. The Hall–Kier alpha value is -2.16. The number of hydrogen-bond acceptors (Lipinski definition) is 5. The first-order valence-electron chi connectivity index (χ1n) is 5.06. The van der Waals surface area contributed by atoms with E-state index < -0.39 is 17.6 Å². The first-order valence-corrected chi connectivity index (χ1v) is 5.06. The molecule has 19 heavy (non-hydrogen) atoms. The first kappa shape index (κ1) is 13.3. The number of nitrogens with zero attached hydrogens (tertiary/aromatic N) is 2. The van der Waals surface area contributed by atoms with Crippen LogP contribution in [0.4, 0.5) is 29.3 Å². The fourth-order valence-electron chi connectivity index (χ4n) is 1.33. The molecule has 0 fully saturated rings. The summed E-state index contributed by atoms with van der Waals surface area (Å²) >= 11 is 0. The minimum absolute atomic E-state index is 0.00585. The zero-order chi connectivity index (χ0) is 14.0. The smallest absolute Gasteiger partial charge is 0.406 e. The second kappa shape index (κ2) is 4.84. The second-order valence-corrected chi connectivity index (χ2v) is 3.52. The molecule has 0 aliphatic carbocycles. The van der Waals surface area contributed by atoms with Crippen LogP contribution in [-0.4, -0.2) is 10.2 Å². The predicted molar refractivity (Wildman–Crippen MR) is 56.9 cm³/mol. The fraction of sp³-hybridized carbons (Fsp3) is 0.200. The summed E-state index contributed by atoms with van der Waals surface area (Å²) in [5, 5.41) is 9.47. The van der Waals surface area contributed by atoms with Gasteiger partial charge in [0.1, 0.15) is 5.82 Å². The molecule has 0 atom stereocenters. The van der Waals surface area contributed by atoms with E-state index in [2.05, 4.69) is 15.5 Å². The maximum atomic E-state index is 13.0. The van der Waals surface area contributed by atoms with Gasteiger partial charge in [-0.15, -0.1) is 5.10 Å². The van der Waals surface area contributed by atoms with Crippen molar-refractivity contribution in [1.29, 1.82) is 0 Å². The maximum absolute atomic E-state index is 13.0. The molecule has 9 heteroatoms. The average Bonchev–Trinajstić information content (AvgIpc) is 2.78. The molecule has 1 aromatic carbocycles. The lowest BCUT2D eigenvalue weighted by molar-refractivity contribution is -0.139. The molecule has 0 radical (unpaired) electrons. The summed E-state index contributed by atoms with van der Waals surface area (Å²) in [4.78, 5) is 0. The Bertz CT molecular complexity index is 581. The van der Waals surface area contributed by atoms with Gasteiger partial charge in [-0.25, -0.2) is 4.39 Å². The third-order valence-corrected chi connectivity index (χ3v) is 2.16. The molecule has 0 spiro atoms. The molecule has 0 saturated heterocycles. The molecule has 0 saturated carbocycles. The summed E-state index contributed by atoms with van der Waals surface area (Å²) in [5.74, 6) is -1.23. The van der Waals surface area contributed by atoms with Gasteiger partial charge < -0.3 is 15.5 Å². The van der Waals surface area contributed by atoms with Crippen molar-refractivity contribution in [3.05, 3.63) is 35.5 Å². The van der Waals surface area contributed by atoms with Gasteiger partial charge in [0.2, 0.25) is 5.89 Å². The monoisotopic (exact) mass is 276 g/mol. The molecule has 5 nitrogen and oxygen atoms in total. The number of anilines is 2. The second-order valence-electron chi connectivity index (χ2n) is 3.52. The Morgan fingerprint density at radius 1 is 1.26 bits per heavy atom. The summed E-state index contributed by atoms with van der Waals surface area (Å²) in [6.45, 7) is 0.00585. The number of halogens is 4. The zero-order valence-electron chi connectivity index (χ0n) is 9.33. The molecular formula is C10H8F4N4O. The van der Waals surface area contributed by atoms with Crippen molar-refractivity contribution in [3.63, 3.8) is 0 Å². The molecule has 2 rings (SSSR count). The molecule has 1 aromatic heterocycles. The van der Waals surface area contributed by atoms with Gasteiger partial charge in [0.05, 0.1) is 12.1 Å². The molecule has 3 N–H and O–H groups in total. The minimum atomic E-state index is -4.78. The number of nitrogens with two attached hydrogens (primary N) is 1. The maximum Gasteiger partial charge on any atom is 0.419 e. The molecule has 0 unspecified atom stereocenters. The van der Waals surface area contributed by atoms with E-state index in [1.807, 2.05) is 0 Å². The molecular weight excluding hydrogens is 268 g/mol. The largest absolute Gasteiger partial charge is 0.419 e. The van der Waals surface area contributed by atoms with Gasteiger partial charge in [0.15, 0.2) is 0 Å². The Morgan fingerprint density at radius 3 is 2.58 bits per heavy atom. The summed E-state index contributed by atoms with van der Waals surface area (Å²) in [5.41, 5.74) is 3.83. The molecule has 0 aliphatic rings. The Balaban J connectivity index is 2.26. The summed E-state index contributed by atoms with van der Waals surface area (Å²) in [7, 11) is 0. The number of rotatable bonds is 3. The minimum Gasteiger partial charge on any atom is -0.406 e. The summed E-state index contributed by atoms with van der Waals surface area (Å²) in [6, 6.07) is 2.31. The van der Waals surface area contributed by atoms with Crippen molar-refractivity contribution in [2.45, 2.75) is 12.7 Å². The molecule has 1 heterocycles. The van der Waals surface area contributed by atoms with E-state index in [1.54, 1.807) is 0 Å². The molecule has 0 aliphatic heterocycles. The van der Waals surface area contributed by atoms with E-state index in [4.69, 9.17) is 10.2 Å². The number of aromatic nitrogens is 2. The Kier molecular flexibility index (Phi) is 3.38. The van der Waals surface area contributed by atoms with Gasteiger partial charge in [0, 0.05) is 5.69 Å². The van der Waals surface area contributed by atoms with Crippen molar-refractivity contribution in [2.24, 2.45) is 5.73 Å². The van der Waals surface area contributed by atoms with E-state index in [0.29, 0.717) is 12.1 Å². The lowest BCUT2D eigenvalue weighted by Crippen LogP contribution is -2.08. The van der Waals surface area contributed by atoms with Crippen LogP contribution in [-0.2, 0) is 12.7 Å². The molecule has 102 valence electrons. The number of hydrogen-bond donors (Lipinski definition) is 2. The van der Waals surface area contributed by atoms with Gasteiger partial charge in [-0.2, -0.15) is 13.2 Å². The first-order chi connectivity index (χ1) is 8.90. The van der Waals surface area contributed by atoms with Crippen molar-refractivity contribution < 1.29 is 22.0 Å². The number of benzene rings is 1. The topological polar surface area (TPSA) is 77.0 Å². The summed E-state index contributed by atoms with van der Waals surface area (Å²) in [6.07, 6.45) is -4.78. The molecule has 0 bridgehead atoms. The highest BCUT2D eigenvalue weighted by Crippen LogP contribution is 2.33. The van der Waals surface area contributed by atoms with E-state index >= 15 is 0 Å². The van der Waals surface area contributed by atoms with Crippen LogP contribution in [0, 0.1) is 5.82 Å². The van der Waals surface area contributed by atoms with E-state index in [0.717, 1.165) is 6.07 Å². The lowest BCUT2D eigenvalue weighted by atomic mass is 10.2. The fourth-order valence-corrected chi connectivity index (χ4v) is 1.33. The zero-order valence-corrected chi connectivity index (χ0v) is 9.33. The van der Waals surface area contributed by atoms with Crippen LogP contribution in [0.1, 0.15) is 11.5 Å². The van der Waals surface area contributed by atoms with Crippen LogP contribution >= 0.6 is 0 Å². The van der Waals surface area contributed by atoms with Crippen molar-refractivity contribution in [2.75, 3.05) is 5.32 Å². The van der Waals surface area contributed by atoms with Crippen LogP contribution in [0.15, 0.2) is 22.6 Å². The number of alkyl halides is 3. The van der Waals surface area contributed by atoms with Crippen molar-refractivity contribution in [1.82, 2.24) is 10.2 Å². The Morgan fingerprint density at radius 2 is 2.00 bits per heavy atom. The van der Waals surface area contributed by atoms with Crippen molar-refractivity contribution >= 4 is 11.7 Å². The lowest BCUT2D eigenvalue weighted by Gasteiger charge is -2.09. The standard InChI is InChI=1S/C10H8F4N4O/c11-7-2-1-5(3-6(7)10(12,13)14)16-9-18-17-8(4-15)19-9/h1-3H,4,15H2,(H,16,18). The van der Waals surface area contributed by atoms with Crippen molar-refractivity contribution in [3.8, 4) is 0 Å². The van der Waals surface area contributed by atoms with E-state index in [-0.39, 0.29) is 24.1 Å². The highest BCUT2D eigenvalue weighted by Gasteiger charge is 2.34. The van der Waals surface area contributed by atoms with Crippen LogP contribution in [0.5, 0.6) is 0 Å². The summed E-state index contributed by atoms with van der Waals surface area (Å²) < 4.78 is 55.5. The van der Waals surface area contributed by atoms with Gasteiger partial charge in [-0.3, -0.25) is 0 Å². The predicted octanol–water partition coefficient (Wildman–Crippen LogP) is 2.43. The van der Waals surface area contributed by atoms with Gasteiger partial charge >= 0.3 is 12.2 Å². The average molecular weight is 276 g/mol. The molecule has 2 aromatic rings. The van der Waals surface area contributed by atoms with E-state index in [9.17, 15) is 17.6 Å². The van der Waals surface area contributed by atoms with Crippen LogP contribution in [0.3, 0.4) is 0 Å². The normalized spacial score (nSPS) is 11.6. The van der Waals surface area contributed by atoms with Gasteiger partial charge in [-0.1, -0.05) is 5.10 Å². The van der Waals surface area contributed by atoms with Crippen LogP contribution in [0.2, 0.25) is 0 Å². The Labute approximate surface area is 104 Å². The highest BCUT2D eigenvalue weighted by molar-refractivity contribution is 5.53. The van der Waals surface area contributed by atoms with Gasteiger partial charge in [0.25, 0.3) is 0 Å². The van der Waals surface area contributed by atoms with E-state index in [1.165, 1.54) is 0 Å². The van der Waals surface area contributed by atoms with Gasteiger partial charge in [-0.05, 0) is 18.2 Å². The van der Waals surface area contributed by atoms with Crippen LogP contribution in [0.25, 0.3) is 0 Å². The SMILES string of the molecule is NCc1nnc(Nc2ccc(F)c(C(F)(F)F)c2)o1. The third kappa shape index (κ3) is 2.99. The number of nitrogens with one attached hydrogen (secondary N) is 1. The third-order valence-electron chi connectivity index (χ3n) is 2.16. The quantitative estimate of drug-likeness (QED) is 0.842.